The number of aromatic nitrogens is 3. The van der Waals surface area contributed by atoms with Gasteiger partial charge < -0.3 is 4.74 Å². The Kier molecular flexibility index (Phi) is 6.32. The lowest BCUT2D eigenvalue weighted by atomic mass is 10.0. The Labute approximate surface area is 162 Å². The molecule has 28 heavy (non-hydrogen) atoms. The maximum absolute atomic E-state index is 13.3. The fourth-order valence-corrected chi connectivity index (χ4v) is 2.91. The van der Waals surface area contributed by atoms with Gasteiger partial charge in [-0.3, -0.25) is 4.98 Å². The van der Waals surface area contributed by atoms with Gasteiger partial charge in [-0.1, -0.05) is 19.9 Å². The lowest BCUT2D eigenvalue weighted by Gasteiger charge is -2.06. The highest BCUT2D eigenvalue weighted by Gasteiger charge is 2.18. The Morgan fingerprint density at radius 2 is 1.64 bits per heavy atom. The van der Waals surface area contributed by atoms with Crippen molar-refractivity contribution >= 4 is 5.52 Å². The monoisotopic (exact) mass is 381 g/mol. The summed E-state index contributed by atoms with van der Waals surface area (Å²) in [5.41, 5.74) is 4.08. The standard InChI is InChI=1S/C20H15F2N3O.C2H6/c21-10-13-26-18-3-1-2-17-19(14-8-11-23-12-9-14)20(24-25(17)18)15-4-6-16(22)7-5-15;1-2/h1-9,11-12H,10,13H2;1-2H3. The molecule has 1 aromatic carbocycles. The van der Waals surface area contributed by atoms with E-state index < -0.39 is 6.67 Å². The molecule has 0 atom stereocenters. The van der Waals surface area contributed by atoms with Crippen LogP contribution in [0.3, 0.4) is 0 Å². The van der Waals surface area contributed by atoms with E-state index in [0.717, 1.165) is 22.2 Å². The van der Waals surface area contributed by atoms with Crippen LogP contribution in [0.1, 0.15) is 13.8 Å². The van der Waals surface area contributed by atoms with Gasteiger partial charge in [0.25, 0.3) is 0 Å². The number of pyridine rings is 2. The number of fused-ring (bicyclic) bond motifs is 1. The van der Waals surface area contributed by atoms with Gasteiger partial charge in [-0.25, -0.2) is 8.78 Å². The molecule has 4 nitrogen and oxygen atoms in total. The van der Waals surface area contributed by atoms with Crippen molar-refractivity contribution in [3.63, 3.8) is 0 Å². The quantitative estimate of drug-likeness (QED) is 0.453. The van der Waals surface area contributed by atoms with E-state index in [-0.39, 0.29) is 12.4 Å². The van der Waals surface area contributed by atoms with Crippen molar-refractivity contribution in [3.05, 3.63) is 72.8 Å². The molecule has 6 heteroatoms. The van der Waals surface area contributed by atoms with Gasteiger partial charge in [0.15, 0.2) is 0 Å². The first-order valence-corrected chi connectivity index (χ1v) is 9.15. The van der Waals surface area contributed by atoms with Crippen LogP contribution < -0.4 is 4.74 Å². The van der Waals surface area contributed by atoms with Gasteiger partial charge in [-0.05, 0) is 48.0 Å². The summed E-state index contributed by atoms with van der Waals surface area (Å²) < 4.78 is 33.0. The normalized spacial score (nSPS) is 10.4. The van der Waals surface area contributed by atoms with Crippen LogP contribution in [0.2, 0.25) is 0 Å². The molecule has 0 unspecified atom stereocenters. The number of hydrogen-bond donors (Lipinski definition) is 0. The molecular formula is C22H21F2N3O. The lowest BCUT2D eigenvalue weighted by molar-refractivity contribution is 0.259. The van der Waals surface area contributed by atoms with E-state index in [9.17, 15) is 8.78 Å². The molecule has 144 valence electrons. The van der Waals surface area contributed by atoms with Crippen LogP contribution in [0.25, 0.3) is 27.9 Å². The second-order valence-electron chi connectivity index (χ2n) is 5.66. The summed E-state index contributed by atoms with van der Waals surface area (Å²) in [6, 6.07) is 15.4. The van der Waals surface area contributed by atoms with Crippen molar-refractivity contribution in [2.24, 2.45) is 0 Å². The fraction of sp³-hybridized carbons (Fsp3) is 0.182. The van der Waals surface area contributed by atoms with Crippen LogP contribution >= 0.6 is 0 Å². The zero-order valence-corrected chi connectivity index (χ0v) is 15.8. The number of nitrogens with zero attached hydrogens (tertiary/aromatic N) is 3. The molecule has 0 bridgehead atoms. The van der Waals surface area contributed by atoms with E-state index in [1.165, 1.54) is 12.1 Å². The largest absolute Gasteiger partial charge is 0.475 e. The van der Waals surface area contributed by atoms with Crippen LogP contribution in [0.4, 0.5) is 8.78 Å². The topological polar surface area (TPSA) is 39.4 Å². The first-order valence-electron chi connectivity index (χ1n) is 9.15. The summed E-state index contributed by atoms with van der Waals surface area (Å²) >= 11 is 0. The predicted molar refractivity (Wildman–Crippen MR) is 107 cm³/mol. The second kappa shape index (κ2) is 9.08. The van der Waals surface area contributed by atoms with Gasteiger partial charge >= 0.3 is 0 Å². The van der Waals surface area contributed by atoms with Gasteiger partial charge in [-0.15, -0.1) is 0 Å². The van der Waals surface area contributed by atoms with Crippen molar-refractivity contribution in [1.82, 2.24) is 14.6 Å². The van der Waals surface area contributed by atoms with Crippen molar-refractivity contribution in [3.8, 4) is 28.3 Å². The maximum atomic E-state index is 13.3. The van der Waals surface area contributed by atoms with E-state index in [1.807, 2.05) is 38.1 Å². The maximum Gasteiger partial charge on any atom is 0.215 e. The third-order valence-corrected chi connectivity index (χ3v) is 4.04. The van der Waals surface area contributed by atoms with Crippen molar-refractivity contribution in [2.75, 3.05) is 13.3 Å². The zero-order chi connectivity index (χ0) is 19.9. The molecule has 0 saturated carbocycles. The molecule has 0 aliphatic rings. The van der Waals surface area contributed by atoms with Gasteiger partial charge in [0.2, 0.25) is 5.88 Å². The average molecular weight is 381 g/mol. The molecule has 0 radical (unpaired) electrons. The predicted octanol–water partition coefficient (Wildman–Crippen LogP) is 5.58. The number of halogens is 2. The van der Waals surface area contributed by atoms with Crippen LogP contribution in [-0.4, -0.2) is 27.9 Å². The smallest absolute Gasteiger partial charge is 0.215 e. The molecular weight excluding hydrogens is 360 g/mol. The summed E-state index contributed by atoms with van der Waals surface area (Å²) in [4.78, 5) is 4.06. The van der Waals surface area contributed by atoms with Crippen molar-refractivity contribution in [1.29, 1.82) is 0 Å². The molecule has 4 aromatic rings. The van der Waals surface area contributed by atoms with E-state index in [2.05, 4.69) is 10.1 Å². The summed E-state index contributed by atoms with van der Waals surface area (Å²) in [5, 5.41) is 4.67. The molecule has 3 aromatic heterocycles. The minimum atomic E-state index is -0.584. The summed E-state index contributed by atoms with van der Waals surface area (Å²) in [6.45, 7) is 3.37. The molecule has 0 fully saturated rings. The molecule has 4 rings (SSSR count). The van der Waals surface area contributed by atoms with Gasteiger partial charge in [-0.2, -0.15) is 9.61 Å². The zero-order valence-electron chi connectivity index (χ0n) is 15.8. The number of alkyl halides is 1. The number of hydrogen-bond acceptors (Lipinski definition) is 3. The average Bonchev–Trinajstić information content (AvgIpc) is 3.15. The highest BCUT2D eigenvalue weighted by atomic mass is 19.1. The Bertz CT molecular complexity index is 1030. The molecule has 0 aliphatic heterocycles. The van der Waals surface area contributed by atoms with Crippen LogP contribution in [0, 0.1) is 5.82 Å². The van der Waals surface area contributed by atoms with Crippen LogP contribution in [-0.2, 0) is 0 Å². The van der Waals surface area contributed by atoms with E-state index in [0.29, 0.717) is 11.6 Å². The minimum absolute atomic E-state index is 0.0462. The first-order chi connectivity index (χ1) is 13.8. The SMILES string of the molecule is CC.FCCOc1cccc2c(-c3ccncc3)c(-c3ccc(F)cc3)nn12. The Morgan fingerprint density at radius 1 is 0.929 bits per heavy atom. The lowest BCUT2D eigenvalue weighted by Crippen LogP contribution is -2.03. The third-order valence-electron chi connectivity index (χ3n) is 4.04. The van der Waals surface area contributed by atoms with E-state index in [1.54, 1.807) is 35.1 Å². The first kappa shape index (κ1) is 19.5. The van der Waals surface area contributed by atoms with Crippen LogP contribution in [0.5, 0.6) is 5.88 Å². The number of rotatable bonds is 5. The van der Waals surface area contributed by atoms with Crippen molar-refractivity contribution in [2.45, 2.75) is 13.8 Å². The number of ether oxygens (including phenoxy) is 1. The van der Waals surface area contributed by atoms with Gasteiger partial charge in [0.1, 0.15) is 24.8 Å². The molecule has 0 saturated heterocycles. The molecule has 3 heterocycles. The third kappa shape index (κ3) is 3.86. The molecule has 0 aliphatic carbocycles. The Balaban J connectivity index is 0.00000109. The van der Waals surface area contributed by atoms with E-state index in [4.69, 9.17) is 4.74 Å². The van der Waals surface area contributed by atoms with E-state index >= 15 is 0 Å². The second-order valence-corrected chi connectivity index (χ2v) is 5.66. The Hall–Kier alpha value is -3.28. The summed E-state index contributed by atoms with van der Waals surface area (Å²) in [7, 11) is 0. The molecule has 0 N–H and O–H groups in total. The number of benzene rings is 1. The molecule has 0 amide bonds. The summed E-state index contributed by atoms with van der Waals surface area (Å²) in [5.74, 6) is 0.138. The van der Waals surface area contributed by atoms with Gasteiger partial charge in [0, 0.05) is 29.6 Å². The molecule has 0 spiro atoms. The van der Waals surface area contributed by atoms with Gasteiger partial charge in [0.05, 0.1) is 5.52 Å². The van der Waals surface area contributed by atoms with Crippen LogP contribution in [0.15, 0.2) is 67.0 Å². The fourth-order valence-electron chi connectivity index (χ4n) is 2.91. The van der Waals surface area contributed by atoms with Crippen molar-refractivity contribution < 1.29 is 13.5 Å². The Morgan fingerprint density at radius 3 is 2.32 bits per heavy atom. The highest BCUT2D eigenvalue weighted by molar-refractivity contribution is 5.92. The highest BCUT2D eigenvalue weighted by Crippen LogP contribution is 2.36. The minimum Gasteiger partial charge on any atom is -0.475 e. The summed E-state index contributed by atoms with van der Waals surface area (Å²) in [6.07, 6.45) is 3.41.